The van der Waals surface area contributed by atoms with E-state index in [4.69, 9.17) is 5.11 Å². The van der Waals surface area contributed by atoms with Crippen LogP contribution in [0, 0.1) is 11.8 Å². The van der Waals surface area contributed by atoms with Crippen molar-refractivity contribution in [3.63, 3.8) is 0 Å². The molecule has 1 aliphatic heterocycles. The minimum Gasteiger partial charge on any atom is -0.480 e. The fraction of sp³-hybridized carbons (Fsp3) is 0.833. The average Bonchev–Trinajstić information content (AvgIpc) is 2.86. The second-order valence-corrected chi connectivity index (χ2v) is 6.26. The highest BCUT2D eigenvalue weighted by atomic mass is 32.2. The topological polar surface area (TPSA) is 57.6 Å². The molecule has 0 aromatic rings. The largest absolute Gasteiger partial charge is 0.480 e. The third kappa shape index (κ3) is 3.21. The van der Waals surface area contributed by atoms with E-state index in [0.29, 0.717) is 18.6 Å². The number of thioether (sulfide) groups is 1. The van der Waals surface area contributed by atoms with E-state index < -0.39 is 35.9 Å². The van der Waals surface area contributed by atoms with Crippen molar-refractivity contribution in [1.29, 1.82) is 0 Å². The van der Waals surface area contributed by atoms with Crippen molar-refractivity contribution in [2.75, 3.05) is 11.6 Å². The molecule has 1 heterocycles. The Hall–Kier alpha value is -0.920. The van der Waals surface area contributed by atoms with Gasteiger partial charge >= 0.3 is 12.1 Å². The molecule has 1 amide bonds. The number of rotatable bonds is 2. The van der Waals surface area contributed by atoms with Gasteiger partial charge in [0, 0.05) is 11.7 Å². The lowest BCUT2D eigenvalue weighted by Gasteiger charge is -2.33. The molecule has 0 radical (unpaired) electrons. The van der Waals surface area contributed by atoms with Crippen LogP contribution in [0.5, 0.6) is 0 Å². The molecule has 0 aromatic heterocycles. The molecule has 0 aromatic carbocycles. The van der Waals surface area contributed by atoms with Gasteiger partial charge in [-0.15, -0.1) is 11.8 Å². The van der Waals surface area contributed by atoms with Gasteiger partial charge in [0.05, 0.1) is 11.8 Å². The van der Waals surface area contributed by atoms with Crippen molar-refractivity contribution in [2.24, 2.45) is 11.8 Å². The van der Waals surface area contributed by atoms with E-state index in [1.165, 1.54) is 16.7 Å². The van der Waals surface area contributed by atoms with E-state index in [1.54, 1.807) is 0 Å². The first-order valence-corrected chi connectivity index (χ1v) is 7.64. The summed E-state index contributed by atoms with van der Waals surface area (Å²) in [5, 5.41) is 9.02. The number of carboxylic acid groups (broad SMARTS) is 1. The third-order valence-corrected chi connectivity index (χ3v) is 4.95. The second kappa shape index (κ2) is 5.83. The molecule has 2 fully saturated rings. The zero-order chi connectivity index (χ0) is 14.9. The molecular weight excluding hydrogens is 295 g/mol. The smallest absolute Gasteiger partial charge is 0.391 e. The van der Waals surface area contributed by atoms with Crippen molar-refractivity contribution < 1.29 is 27.9 Å². The van der Waals surface area contributed by atoms with E-state index >= 15 is 0 Å². The van der Waals surface area contributed by atoms with Crippen LogP contribution in [0.15, 0.2) is 0 Å². The Morgan fingerprint density at radius 2 is 1.95 bits per heavy atom. The number of aliphatic carboxylic acids is 1. The average molecular weight is 311 g/mol. The Labute approximate surface area is 118 Å². The molecule has 1 saturated carbocycles. The van der Waals surface area contributed by atoms with E-state index in [-0.39, 0.29) is 18.7 Å². The Bertz CT molecular complexity index is 402. The van der Waals surface area contributed by atoms with Gasteiger partial charge in [-0.1, -0.05) is 6.42 Å². The first-order valence-electron chi connectivity index (χ1n) is 6.48. The predicted octanol–water partition coefficient (Wildman–Crippen LogP) is 2.34. The fourth-order valence-corrected chi connectivity index (χ4v) is 3.97. The highest BCUT2D eigenvalue weighted by Gasteiger charge is 2.45. The molecule has 1 saturated heterocycles. The number of alkyl halides is 3. The van der Waals surface area contributed by atoms with Crippen LogP contribution in [0.2, 0.25) is 0 Å². The lowest BCUT2D eigenvalue weighted by Crippen LogP contribution is -2.46. The summed E-state index contributed by atoms with van der Waals surface area (Å²) in [6.07, 6.45) is -3.65. The van der Waals surface area contributed by atoms with E-state index in [9.17, 15) is 22.8 Å². The molecule has 1 aliphatic carbocycles. The van der Waals surface area contributed by atoms with Crippen LogP contribution in [-0.2, 0) is 9.59 Å². The summed E-state index contributed by atoms with van der Waals surface area (Å²) in [5.74, 6) is -3.11. The molecule has 114 valence electrons. The molecule has 4 nitrogen and oxygen atoms in total. The summed E-state index contributed by atoms with van der Waals surface area (Å²) in [7, 11) is 0. The summed E-state index contributed by atoms with van der Waals surface area (Å²) in [6.45, 7) is 0. The number of hydrogen-bond acceptors (Lipinski definition) is 3. The van der Waals surface area contributed by atoms with Gasteiger partial charge < -0.3 is 10.0 Å². The Morgan fingerprint density at radius 1 is 1.25 bits per heavy atom. The van der Waals surface area contributed by atoms with Crippen LogP contribution in [0.1, 0.15) is 25.7 Å². The van der Waals surface area contributed by atoms with Crippen LogP contribution in [-0.4, -0.2) is 45.7 Å². The van der Waals surface area contributed by atoms with Gasteiger partial charge in [0.2, 0.25) is 5.91 Å². The van der Waals surface area contributed by atoms with Crippen LogP contribution in [0.3, 0.4) is 0 Å². The zero-order valence-electron chi connectivity index (χ0n) is 10.7. The SMILES string of the molecule is O=C(O)C1CSCN1C(=O)C1CCCC(C(F)(F)F)C1. The van der Waals surface area contributed by atoms with E-state index in [1.807, 2.05) is 0 Å². The third-order valence-electron chi connectivity index (χ3n) is 3.94. The normalized spacial score (nSPS) is 31.4. The minimum absolute atomic E-state index is 0.0599. The number of carbonyl (C=O) groups is 2. The molecule has 0 spiro atoms. The van der Waals surface area contributed by atoms with Crippen LogP contribution < -0.4 is 0 Å². The number of carboxylic acids is 1. The minimum atomic E-state index is -4.27. The molecule has 3 atom stereocenters. The molecule has 0 bridgehead atoms. The van der Waals surface area contributed by atoms with Crippen molar-refractivity contribution >= 4 is 23.6 Å². The predicted molar refractivity (Wildman–Crippen MR) is 67.1 cm³/mol. The molecule has 1 N–H and O–H groups in total. The molecule has 20 heavy (non-hydrogen) atoms. The van der Waals surface area contributed by atoms with Gasteiger partial charge in [0.25, 0.3) is 0 Å². The monoisotopic (exact) mass is 311 g/mol. The maximum Gasteiger partial charge on any atom is 0.391 e. The van der Waals surface area contributed by atoms with Crippen molar-refractivity contribution in [3.8, 4) is 0 Å². The van der Waals surface area contributed by atoms with E-state index in [2.05, 4.69) is 0 Å². The van der Waals surface area contributed by atoms with Crippen LogP contribution in [0.25, 0.3) is 0 Å². The quantitative estimate of drug-likeness (QED) is 0.850. The molecule has 2 rings (SSSR count). The van der Waals surface area contributed by atoms with Gasteiger partial charge in [0.15, 0.2) is 0 Å². The lowest BCUT2D eigenvalue weighted by molar-refractivity contribution is -0.187. The summed E-state index contributed by atoms with van der Waals surface area (Å²) in [5.41, 5.74) is 0. The van der Waals surface area contributed by atoms with E-state index in [0.717, 1.165) is 0 Å². The van der Waals surface area contributed by atoms with Crippen molar-refractivity contribution in [1.82, 2.24) is 4.90 Å². The van der Waals surface area contributed by atoms with Crippen molar-refractivity contribution in [3.05, 3.63) is 0 Å². The summed E-state index contributed by atoms with van der Waals surface area (Å²) in [6, 6.07) is -0.904. The van der Waals surface area contributed by atoms with Crippen molar-refractivity contribution in [2.45, 2.75) is 37.9 Å². The highest BCUT2D eigenvalue weighted by Crippen LogP contribution is 2.41. The zero-order valence-corrected chi connectivity index (χ0v) is 11.5. The molecule has 2 aliphatic rings. The van der Waals surface area contributed by atoms with Crippen LogP contribution in [0.4, 0.5) is 13.2 Å². The summed E-state index contributed by atoms with van der Waals surface area (Å²) in [4.78, 5) is 24.5. The van der Waals surface area contributed by atoms with Gasteiger partial charge in [0.1, 0.15) is 6.04 Å². The lowest BCUT2D eigenvalue weighted by atomic mass is 9.80. The first kappa shape index (κ1) is 15.5. The number of halogens is 3. The van der Waals surface area contributed by atoms with Gasteiger partial charge in [-0.25, -0.2) is 4.79 Å². The molecule has 3 unspecified atom stereocenters. The Morgan fingerprint density at radius 3 is 2.55 bits per heavy atom. The Balaban J connectivity index is 2.03. The van der Waals surface area contributed by atoms with Gasteiger partial charge in [-0.05, 0) is 19.3 Å². The molecular formula is C12H16F3NO3S. The highest BCUT2D eigenvalue weighted by molar-refractivity contribution is 7.99. The van der Waals surface area contributed by atoms with Crippen LogP contribution >= 0.6 is 11.8 Å². The standard InChI is InChI=1S/C12H16F3NO3S/c13-12(14,15)8-3-1-2-7(4-8)10(17)16-6-20-5-9(16)11(18)19/h7-9H,1-6H2,(H,18,19). The Kier molecular flexibility index (Phi) is 4.51. The maximum absolute atomic E-state index is 12.7. The van der Waals surface area contributed by atoms with Gasteiger partial charge in [-0.2, -0.15) is 13.2 Å². The summed E-state index contributed by atoms with van der Waals surface area (Å²) >= 11 is 1.32. The second-order valence-electron chi connectivity index (χ2n) is 5.26. The maximum atomic E-state index is 12.7. The fourth-order valence-electron chi connectivity index (χ4n) is 2.81. The number of carbonyl (C=O) groups excluding carboxylic acids is 1. The first-order chi connectivity index (χ1) is 9.30. The number of hydrogen-bond donors (Lipinski definition) is 1. The molecule has 8 heteroatoms. The van der Waals surface area contributed by atoms with Gasteiger partial charge in [-0.3, -0.25) is 4.79 Å². The summed E-state index contributed by atoms with van der Waals surface area (Å²) < 4.78 is 38.2. The number of amides is 1. The number of nitrogens with zero attached hydrogens (tertiary/aromatic N) is 1.